The van der Waals surface area contributed by atoms with Crippen molar-refractivity contribution in [3.05, 3.63) is 6.92 Å². The van der Waals surface area contributed by atoms with E-state index < -0.39 is 0 Å². The summed E-state index contributed by atoms with van der Waals surface area (Å²) in [6.07, 6.45) is 0.471. The topological polar surface area (TPSA) is 21.8 Å². The van der Waals surface area contributed by atoms with Crippen molar-refractivity contribution in [3.8, 4) is 0 Å². The maximum Gasteiger partial charge on any atom is 0.104 e. The predicted molar refractivity (Wildman–Crippen MR) is 30.5 cm³/mol. The van der Waals surface area contributed by atoms with E-state index in [-0.39, 0.29) is 6.10 Å². The van der Waals surface area contributed by atoms with Gasteiger partial charge in [0.05, 0.1) is 19.3 Å². The maximum atomic E-state index is 5.13. The lowest BCUT2D eigenvalue weighted by Crippen LogP contribution is -2.08. The Kier molecular flexibility index (Phi) is 1.86. The van der Waals surface area contributed by atoms with Gasteiger partial charge in [0, 0.05) is 0 Å². The molecule has 1 aliphatic rings. The highest BCUT2D eigenvalue weighted by molar-refractivity contribution is 4.68. The first kappa shape index (κ1) is 6.05. The van der Waals surface area contributed by atoms with Crippen LogP contribution in [0.5, 0.6) is 0 Å². The van der Waals surface area contributed by atoms with Crippen LogP contribution in [0.25, 0.3) is 0 Å². The molecule has 0 N–H and O–H groups in total. The van der Waals surface area contributed by atoms with Crippen LogP contribution >= 0.6 is 0 Å². The van der Waals surface area contributed by atoms with Crippen molar-refractivity contribution in [1.82, 2.24) is 0 Å². The Labute approximate surface area is 49.8 Å². The minimum absolute atomic E-state index is 0.0965. The summed E-state index contributed by atoms with van der Waals surface area (Å²) in [6, 6.07) is 0. The van der Waals surface area contributed by atoms with Gasteiger partial charge in [-0.25, -0.2) is 0 Å². The Hall–Kier alpha value is -0.0800. The van der Waals surface area contributed by atoms with Crippen molar-refractivity contribution in [2.24, 2.45) is 0 Å². The Bertz CT molecular complexity index is 64.9. The zero-order chi connectivity index (χ0) is 5.98. The van der Waals surface area contributed by atoms with Gasteiger partial charge in [0.15, 0.2) is 0 Å². The summed E-state index contributed by atoms with van der Waals surface area (Å²) in [5, 5.41) is 0. The summed E-state index contributed by atoms with van der Waals surface area (Å²) in [5.74, 6) is 0. The van der Waals surface area contributed by atoms with Crippen molar-refractivity contribution in [2.45, 2.75) is 19.1 Å². The van der Waals surface area contributed by atoms with Gasteiger partial charge in [0.2, 0.25) is 0 Å². The van der Waals surface area contributed by atoms with Crippen LogP contribution in [0.15, 0.2) is 0 Å². The van der Waals surface area contributed by atoms with E-state index in [4.69, 9.17) is 9.47 Å². The van der Waals surface area contributed by atoms with Crippen molar-refractivity contribution in [2.75, 3.05) is 13.2 Å². The molecule has 47 valence electrons. The van der Waals surface area contributed by atoms with Gasteiger partial charge in [0.1, 0.15) is 6.10 Å². The average Bonchev–Trinajstić information content (AvgIpc) is 2.41. The minimum Gasteiger partial charge on any atom is -0.376 e. The molecule has 2 unspecified atom stereocenters. The van der Waals surface area contributed by atoms with E-state index in [9.17, 15) is 0 Å². The summed E-state index contributed by atoms with van der Waals surface area (Å²) in [5.41, 5.74) is 0. The van der Waals surface area contributed by atoms with Gasteiger partial charge >= 0.3 is 0 Å². The van der Waals surface area contributed by atoms with Crippen LogP contribution in [-0.2, 0) is 9.47 Å². The van der Waals surface area contributed by atoms with Gasteiger partial charge in [-0.3, -0.25) is 0 Å². The summed E-state index contributed by atoms with van der Waals surface area (Å²) >= 11 is 0. The van der Waals surface area contributed by atoms with Crippen LogP contribution < -0.4 is 0 Å². The molecule has 1 aliphatic heterocycles. The zero-order valence-corrected chi connectivity index (χ0v) is 5.09. The van der Waals surface area contributed by atoms with E-state index in [0.29, 0.717) is 12.7 Å². The monoisotopic (exact) mass is 115 g/mol. The summed E-state index contributed by atoms with van der Waals surface area (Å²) in [6.45, 7) is 7.16. The second-order valence-electron chi connectivity index (χ2n) is 2.10. The fourth-order valence-corrected chi connectivity index (χ4v) is 0.436. The van der Waals surface area contributed by atoms with E-state index in [1.807, 2.05) is 6.92 Å². The van der Waals surface area contributed by atoms with Crippen molar-refractivity contribution in [3.63, 3.8) is 0 Å². The van der Waals surface area contributed by atoms with Crippen LogP contribution in [-0.4, -0.2) is 25.4 Å². The molecule has 1 fully saturated rings. The van der Waals surface area contributed by atoms with Crippen LogP contribution in [0, 0.1) is 6.92 Å². The highest BCUT2D eigenvalue weighted by Crippen LogP contribution is 2.09. The van der Waals surface area contributed by atoms with E-state index in [2.05, 4.69) is 6.92 Å². The van der Waals surface area contributed by atoms with E-state index in [1.165, 1.54) is 0 Å². The molecule has 0 aromatic rings. The highest BCUT2D eigenvalue weighted by Gasteiger charge is 2.22. The van der Waals surface area contributed by atoms with Gasteiger partial charge in [0.25, 0.3) is 0 Å². The lowest BCUT2D eigenvalue weighted by atomic mass is 10.4. The van der Waals surface area contributed by atoms with Gasteiger partial charge in [-0.05, 0) is 13.8 Å². The van der Waals surface area contributed by atoms with Crippen LogP contribution in [0.3, 0.4) is 0 Å². The van der Waals surface area contributed by atoms with E-state index in [0.717, 1.165) is 6.61 Å². The first-order valence-electron chi connectivity index (χ1n) is 2.85. The van der Waals surface area contributed by atoms with Crippen molar-refractivity contribution >= 4 is 0 Å². The number of hydrogen-bond acceptors (Lipinski definition) is 2. The highest BCUT2D eigenvalue weighted by atomic mass is 16.6. The third kappa shape index (κ3) is 2.28. The van der Waals surface area contributed by atoms with Gasteiger partial charge in [-0.2, -0.15) is 0 Å². The fourth-order valence-electron chi connectivity index (χ4n) is 0.436. The molecule has 2 nitrogen and oxygen atoms in total. The SMILES string of the molecule is [CH2]C(C)OCC1CO1. The van der Waals surface area contributed by atoms with Crippen molar-refractivity contribution < 1.29 is 9.47 Å². The molecule has 0 aromatic heterocycles. The molecule has 1 saturated heterocycles. The molecule has 0 aromatic carbocycles. The number of epoxide rings is 1. The molecule has 1 radical (unpaired) electrons. The molecule has 1 rings (SSSR count). The second kappa shape index (κ2) is 2.46. The minimum atomic E-state index is 0.0965. The van der Waals surface area contributed by atoms with E-state index in [1.54, 1.807) is 0 Å². The fraction of sp³-hybridized carbons (Fsp3) is 0.833. The first-order valence-corrected chi connectivity index (χ1v) is 2.85. The van der Waals surface area contributed by atoms with Gasteiger partial charge in [-0.15, -0.1) is 0 Å². The lowest BCUT2D eigenvalue weighted by molar-refractivity contribution is 0.0815. The van der Waals surface area contributed by atoms with E-state index >= 15 is 0 Å². The first-order chi connectivity index (χ1) is 3.79. The summed E-state index contributed by atoms with van der Waals surface area (Å²) in [7, 11) is 0. The normalized spacial score (nSPS) is 26.6. The summed E-state index contributed by atoms with van der Waals surface area (Å²) in [4.78, 5) is 0. The summed E-state index contributed by atoms with van der Waals surface area (Å²) < 4.78 is 10.0. The molecular formula is C6H11O2. The molecule has 0 bridgehead atoms. The molecule has 0 saturated carbocycles. The molecule has 2 heteroatoms. The number of hydrogen-bond donors (Lipinski definition) is 0. The standard InChI is InChI=1S/C6H11O2/c1-5(2)7-3-6-4-8-6/h5-6H,1,3-4H2,2H3. The maximum absolute atomic E-state index is 5.13. The van der Waals surface area contributed by atoms with Gasteiger partial charge < -0.3 is 9.47 Å². The predicted octanol–water partition coefficient (Wildman–Crippen LogP) is 0.624. The zero-order valence-electron chi connectivity index (χ0n) is 5.09. The third-order valence-corrected chi connectivity index (χ3v) is 0.969. The molecule has 0 aliphatic carbocycles. The quantitative estimate of drug-likeness (QED) is 0.503. The van der Waals surface area contributed by atoms with Gasteiger partial charge in [-0.1, -0.05) is 0 Å². The molecule has 8 heavy (non-hydrogen) atoms. The second-order valence-corrected chi connectivity index (χ2v) is 2.10. The Morgan fingerprint density at radius 2 is 2.62 bits per heavy atom. The largest absolute Gasteiger partial charge is 0.376 e. The Morgan fingerprint density at radius 3 is 3.00 bits per heavy atom. The van der Waals surface area contributed by atoms with Crippen LogP contribution in [0.1, 0.15) is 6.92 Å². The Morgan fingerprint density at radius 1 is 2.00 bits per heavy atom. The molecule has 0 amide bonds. The Balaban J connectivity index is 1.87. The average molecular weight is 115 g/mol. The lowest BCUT2D eigenvalue weighted by Gasteiger charge is -2.02. The molecule has 0 spiro atoms. The number of ether oxygens (including phenoxy) is 2. The van der Waals surface area contributed by atoms with Crippen LogP contribution in [0.2, 0.25) is 0 Å². The third-order valence-electron chi connectivity index (χ3n) is 0.969. The molecule has 1 heterocycles. The van der Waals surface area contributed by atoms with Crippen molar-refractivity contribution in [1.29, 1.82) is 0 Å². The number of rotatable bonds is 3. The smallest absolute Gasteiger partial charge is 0.104 e. The van der Waals surface area contributed by atoms with Crippen LogP contribution in [0.4, 0.5) is 0 Å². The molecular weight excluding hydrogens is 104 g/mol. The molecule has 2 atom stereocenters.